The van der Waals surface area contributed by atoms with Crippen LogP contribution in [0.15, 0.2) is 36.9 Å². The van der Waals surface area contributed by atoms with E-state index >= 15 is 0 Å². The Balaban J connectivity index is 1.88. The molecule has 0 saturated carbocycles. The maximum atomic E-state index is 6.26. The topological polar surface area (TPSA) is 26.0 Å². The highest BCUT2D eigenvalue weighted by Crippen LogP contribution is 2.29. The van der Waals surface area contributed by atoms with E-state index in [1.807, 2.05) is 6.08 Å². The molecule has 86 valence electrons. The lowest BCUT2D eigenvalue weighted by Gasteiger charge is -2.18. The minimum absolute atomic E-state index is 0.354. The van der Waals surface area contributed by atoms with E-state index in [1.54, 1.807) is 0 Å². The number of allylic oxidation sites excluding steroid dienone is 1. The van der Waals surface area contributed by atoms with Gasteiger partial charge in [-0.1, -0.05) is 30.3 Å². The van der Waals surface area contributed by atoms with Gasteiger partial charge in [-0.3, -0.25) is 0 Å². The first-order chi connectivity index (χ1) is 7.81. The van der Waals surface area contributed by atoms with Crippen LogP contribution in [0, 0.1) is 5.92 Å². The molecule has 0 heterocycles. The van der Waals surface area contributed by atoms with Gasteiger partial charge in [0.05, 0.1) is 0 Å². The Morgan fingerprint density at radius 2 is 1.94 bits per heavy atom. The van der Waals surface area contributed by atoms with Gasteiger partial charge in [0, 0.05) is 6.04 Å². The van der Waals surface area contributed by atoms with Crippen molar-refractivity contribution >= 4 is 0 Å². The van der Waals surface area contributed by atoms with Gasteiger partial charge in [0.1, 0.15) is 0 Å². The third-order valence-electron chi connectivity index (χ3n) is 3.63. The molecule has 0 aliphatic heterocycles. The first-order valence-corrected chi connectivity index (χ1v) is 6.24. The first kappa shape index (κ1) is 11.4. The third kappa shape index (κ3) is 2.53. The van der Waals surface area contributed by atoms with E-state index in [2.05, 4.69) is 30.8 Å². The summed E-state index contributed by atoms with van der Waals surface area (Å²) >= 11 is 0. The zero-order chi connectivity index (χ0) is 11.4. The lowest BCUT2D eigenvalue weighted by Crippen LogP contribution is -2.30. The van der Waals surface area contributed by atoms with E-state index in [0.29, 0.717) is 12.0 Å². The van der Waals surface area contributed by atoms with Crippen LogP contribution in [-0.4, -0.2) is 6.04 Å². The molecule has 1 nitrogen and oxygen atoms in total. The van der Waals surface area contributed by atoms with E-state index in [9.17, 15) is 0 Å². The monoisotopic (exact) mass is 215 g/mol. The first-order valence-electron chi connectivity index (χ1n) is 6.24. The lowest BCUT2D eigenvalue weighted by atomic mass is 9.93. The summed E-state index contributed by atoms with van der Waals surface area (Å²) in [6.45, 7) is 3.75. The molecular weight excluding hydrogens is 194 g/mol. The van der Waals surface area contributed by atoms with E-state index in [1.165, 1.54) is 30.4 Å². The second kappa shape index (κ2) is 5.31. The van der Waals surface area contributed by atoms with Gasteiger partial charge in [0.15, 0.2) is 0 Å². The minimum atomic E-state index is 0.354. The van der Waals surface area contributed by atoms with E-state index in [-0.39, 0.29) is 0 Å². The van der Waals surface area contributed by atoms with Crippen molar-refractivity contribution in [3.63, 3.8) is 0 Å². The molecule has 0 spiro atoms. The van der Waals surface area contributed by atoms with Crippen molar-refractivity contribution in [1.29, 1.82) is 0 Å². The predicted octanol–water partition coefficient (Wildman–Crippen LogP) is 3.09. The quantitative estimate of drug-likeness (QED) is 0.593. The molecule has 1 aliphatic rings. The van der Waals surface area contributed by atoms with Gasteiger partial charge in [-0.15, -0.1) is 6.58 Å². The van der Waals surface area contributed by atoms with Crippen molar-refractivity contribution in [1.82, 2.24) is 0 Å². The molecule has 1 heteroatoms. The number of benzene rings is 1. The van der Waals surface area contributed by atoms with Crippen molar-refractivity contribution in [2.45, 2.75) is 38.1 Å². The zero-order valence-corrected chi connectivity index (χ0v) is 9.86. The zero-order valence-electron chi connectivity index (χ0n) is 9.86. The highest BCUT2D eigenvalue weighted by Gasteiger charge is 2.25. The number of unbranched alkanes of at least 4 members (excludes halogenated alkanes) is 1. The van der Waals surface area contributed by atoms with Crippen LogP contribution in [0.1, 0.15) is 30.4 Å². The molecule has 0 aromatic heterocycles. The predicted molar refractivity (Wildman–Crippen MR) is 69.4 cm³/mol. The normalized spacial score (nSPS) is 17.1. The molecule has 16 heavy (non-hydrogen) atoms. The largest absolute Gasteiger partial charge is 0.327 e. The van der Waals surface area contributed by atoms with Crippen molar-refractivity contribution in [2.75, 3.05) is 0 Å². The number of hydrogen-bond donors (Lipinski definition) is 1. The SMILES string of the molecule is C=CCCCC(N)C1Cc2ccccc2C1. The lowest BCUT2D eigenvalue weighted by molar-refractivity contribution is 0.409. The van der Waals surface area contributed by atoms with Gasteiger partial charge >= 0.3 is 0 Å². The van der Waals surface area contributed by atoms with E-state index in [0.717, 1.165) is 12.8 Å². The average molecular weight is 215 g/mol. The Hall–Kier alpha value is -1.08. The summed E-state index contributed by atoms with van der Waals surface area (Å²) in [4.78, 5) is 0. The molecule has 0 amide bonds. The molecule has 1 aromatic carbocycles. The van der Waals surface area contributed by atoms with Crippen LogP contribution in [-0.2, 0) is 12.8 Å². The third-order valence-corrected chi connectivity index (χ3v) is 3.63. The van der Waals surface area contributed by atoms with Crippen molar-refractivity contribution < 1.29 is 0 Å². The van der Waals surface area contributed by atoms with Crippen LogP contribution < -0.4 is 5.73 Å². The number of fused-ring (bicyclic) bond motifs is 1. The minimum Gasteiger partial charge on any atom is -0.327 e. The summed E-state index contributed by atoms with van der Waals surface area (Å²) in [6.07, 6.45) is 7.72. The highest BCUT2D eigenvalue weighted by molar-refractivity contribution is 5.32. The fourth-order valence-corrected chi connectivity index (χ4v) is 2.63. The molecule has 0 radical (unpaired) electrons. The summed E-state index contributed by atoms with van der Waals surface area (Å²) in [7, 11) is 0. The Kier molecular flexibility index (Phi) is 3.79. The van der Waals surface area contributed by atoms with Crippen LogP contribution in [0.5, 0.6) is 0 Å². The fourth-order valence-electron chi connectivity index (χ4n) is 2.63. The summed E-state index contributed by atoms with van der Waals surface area (Å²) in [5, 5.41) is 0. The maximum Gasteiger partial charge on any atom is 0.00736 e. The standard InChI is InChI=1S/C15H21N/c1-2-3-4-9-15(16)14-10-12-7-5-6-8-13(12)11-14/h2,5-8,14-15H,1,3-4,9-11,16H2. The van der Waals surface area contributed by atoms with Gasteiger partial charge in [-0.2, -0.15) is 0 Å². The molecule has 1 aliphatic carbocycles. The van der Waals surface area contributed by atoms with Gasteiger partial charge in [0.2, 0.25) is 0 Å². The maximum absolute atomic E-state index is 6.26. The Labute approximate surface area is 98.4 Å². The second-order valence-corrected chi connectivity index (χ2v) is 4.82. The molecule has 1 unspecified atom stereocenters. The van der Waals surface area contributed by atoms with Crippen LogP contribution >= 0.6 is 0 Å². The number of nitrogens with two attached hydrogens (primary N) is 1. The summed E-state index contributed by atoms with van der Waals surface area (Å²) in [6, 6.07) is 9.10. The molecule has 0 bridgehead atoms. The molecule has 2 N–H and O–H groups in total. The van der Waals surface area contributed by atoms with Crippen LogP contribution in [0.2, 0.25) is 0 Å². The van der Waals surface area contributed by atoms with Gasteiger partial charge in [-0.05, 0) is 49.1 Å². The summed E-state index contributed by atoms with van der Waals surface area (Å²) in [5.41, 5.74) is 9.28. The smallest absolute Gasteiger partial charge is 0.00736 e. The Morgan fingerprint density at radius 1 is 1.31 bits per heavy atom. The van der Waals surface area contributed by atoms with Crippen molar-refractivity contribution in [3.8, 4) is 0 Å². The molecule has 1 aromatic rings. The van der Waals surface area contributed by atoms with Gasteiger partial charge in [-0.25, -0.2) is 0 Å². The van der Waals surface area contributed by atoms with Crippen molar-refractivity contribution in [2.24, 2.45) is 11.7 Å². The van der Waals surface area contributed by atoms with Gasteiger partial charge < -0.3 is 5.73 Å². The average Bonchev–Trinajstić information content (AvgIpc) is 2.73. The van der Waals surface area contributed by atoms with E-state index in [4.69, 9.17) is 5.73 Å². The molecular formula is C15H21N. The molecule has 0 saturated heterocycles. The van der Waals surface area contributed by atoms with Crippen molar-refractivity contribution in [3.05, 3.63) is 48.0 Å². The number of rotatable bonds is 5. The second-order valence-electron chi connectivity index (χ2n) is 4.82. The van der Waals surface area contributed by atoms with Crippen LogP contribution in [0.4, 0.5) is 0 Å². The fraction of sp³-hybridized carbons (Fsp3) is 0.467. The molecule has 0 fully saturated rings. The molecule has 2 rings (SSSR count). The van der Waals surface area contributed by atoms with Gasteiger partial charge in [0.25, 0.3) is 0 Å². The highest BCUT2D eigenvalue weighted by atomic mass is 14.7. The van der Waals surface area contributed by atoms with Crippen LogP contribution in [0.25, 0.3) is 0 Å². The van der Waals surface area contributed by atoms with E-state index < -0.39 is 0 Å². The number of hydrogen-bond acceptors (Lipinski definition) is 1. The Bertz CT molecular complexity index is 331. The Morgan fingerprint density at radius 3 is 2.50 bits per heavy atom. The summed E-state index contributed by atoms with van der Waals surface area (Å²) < 4.78 is 0. The summed E-state index contributed by atoms with van der Waals surface area (Å²) in [5.74, 6) is 0.655. The van der Waals surface area contributed by atoms with Crippen LogP contribution in [0.3, 0.4) is 0 Å². The molecule has 1 atom stereocenters.